The highest BCUT2D eigenvalue weighted by Gasteiger charge is 2.31. The molecule has 0 spiro atoms. The van der Waals surface area contributed by atoms with Crippen molar-refractivity contribution in [2.75, 3.05) is 11.9 Å². The third kappa shape index (κ3) is 6.04. The minimum absolute atomic E-state index is 0.00425. The fraction of sp³-hybridized carbons (Fsp3) is 0.182. The first-order valence-corrected chi connectivity index (χ1v) is 9.94. The fourth-order valence-electron chi connectivity index (χ4n) is 3.03. The Balaban J connectivity index is 1.94. The topological polar surface area (TPSA) is 69.6 Å². The number of nitrogens with one attached hydrogen (secondary N) is 1. The molecule has 0 radical (unpaired) electrons. The first kappa shape index (κ1) is 24.1. The minimum Gasteiger partial charge on any atom is -0.461 e. The summed E-state index contributed by atoms with van der Waals surface area (Å²) in [6.45, 7) is 1.59. The third-order valence-electron chi connectivity index (χ3n) is 4.34. The first-order chi connectivity index (χ1) is 15.6. The predicted octanol–water partition coefficient (Wildman–Crippen LogP) is 5.53. The SMILES string of the molecule is CCOC(=O)c1c(NC(=O)Cc2ccccc2F)cc(Cl)n1-c1ccc(OC(F)(F)F)cc1. The zero-order valence-corrected chi connectivity index (χ0v) is 17.8. The molecule has 0 unspecified atom stereocenters. The Kier molecular flexibility index (Phi) is 7.27. The Hall–Kier alpha value is -3.53. The second-order valence-corrected chi connectivity index (χ2v) is 7.03. The largest absolute Gasteiger partial charge is 0.573 e. The number of carbonyl (C=O) groups excluding carboxylic acids is 2. The number of rotatable bonds is 7. The molecule has 1 amide bonds. The summed E-state index contributed by atoms with van der Waals surface area (Å²) in [5, 5.41) is 2.49. The molecular formula is C22H17ClF4N2O4. The molecule has 0 saturated heterocycles. The smallest absolute Gasteiger partial charge is 0.461 e. The Morgan fingerprint density at radius 2 is 1.76 bits per heavy atom. The number of aromatic nitrogens is 1. The van der Waals surface area contributed by atoms with Gasteiger partial charge in [-0.05, 0) is 48.9 Å². The lowest BCUT2D eigenvalue weighted by molar-refractivity contribution is -0.274. The molecule has 0 bridgehead atoms. The number of alkyl halides is 3. The fourth-order valence-corrected chi connectivity index (χ4v) is 3.32. The maximum atomic E-state index is 13.9. The summed E-state index contributed by atoms with van der Waals surface area (Å²) < 4.78 is 61.2. The molecule has 0 aliphatic rings. The van der Waals surface area contributed by atoms with Crippen LogP contribution in [0.25, 0.3) is 5.69 Å². The van der Waals surface area contributed by atoms with Crippen molar-refractivity contribution in [2.24, 2.45) is 0 Å². The van der Waals surface area contributed by atoms with Gasteiger partial charge in [-0.2, -0.15) is 0 Å². The summed E-state index contributed by atoms with van der Waals surface area (Å²) in [6, 6.07) is 11.6. The lowest BCUT2D eigenvalue weighted by Gasteiger charge is -2.13. The maximum Gasteiger partial charge on any atom is 0.573 e. The van der Waals surface area contributed by atoms with E-state index in [4.69, 9.17) is 16.3 Å². The minimum atomic E-state index is -4.86. The van der Waals surface area contributed by atoms with Gasteiger partial charge in [-0.3, -0.25) is 9.36 Å². The van der Waals surface area contributed by atoms with Crippen LogP contribution in [0.15, 0.2) is 54.6 Å². The van der Waals surface area contributed by atoms with Crippen LogP contribution in [0.5, 0.6) is 5.75 Å². The van der Waals surface area contributed by atoms with E-state index in [-0.39, 0.29) is 40.8 Å². The van der Waals surface area contributed by atoms with Crippen LogP contribution in [0.4, 0.5) is 23.2 Å². The van der Waals surface area contributed by atoms with Crippen LogP contribution in [0.1, 0.15) is 23.0 Å². The van der Waals surface area contributed by atoms with Gasteiger partial charge in [0, 0.05) is 5.69 Å². The van der Waals surface area contributed by atoms with Gasteiger partial charge in [0.25, 0.3) is 0 Å². The molecule has 1 N–H and O–H groups in total. The maximum absolute atomic E-state index is 13.9. The zero-order chi connectivity index (χ0) is 24.2. The molecule has 11 heteroatoms. The molecule has 0 fully saturated rings. The monoisotopic (exact) mass is 484 g/mol. The van der Waals surface area contributed by atoms with Gasteiger partial charge in [0.1, 0.15) is 16.7 Å². The Morgan fingerprint density at radius 3 is 2.36 bits per heavy atom. The van der Waals surface area contributed by atoms with Crippen molar-refractivity contribution < 1.29 is 36.6 Å². The highest BCUT2D eigenvalue weighted by atomic mass is 35.5. The van der Waals surface area contributed by atoms with Gasteiger partial charge < -0.3 is 14.8 Å². The zero-order valence-electron chi connectivity index (χ0n) is 17.1. The molecular weight excluding hydrogens is 468 g/mol. The van der Waals surface area contributed by atoms with Crippen LogP contribution in [0.3, 0.4) is 0 Å². The van der Waals surface area contributed by atoms with Crippen molar-refractivity contribution in [3.8, 4) is 11.4 Å². The Morgan fingerprint density at radius 1 is 1.09 bits per heavy atom. The molecule has 3 aromatic rings. The summed E-state index contributed by atoms with van der Waals surface area (Å²) in [5.41, 5.74) is 0.203. The molecule has 174 valence electrons. The standard InChI is InChI=1S/C22H17ClF4N2O4/c1-2-32-21(31)20-17(28-19(30)11-13-5-3-4-6-16(13)24)12-18(23)29(20)14-7-9-15(10-8-14)33-22(25,26)27/h3-10,12H,2,11H2,1H3,(H,28,30). The van der Waals surface area contributed by atoms with Crippen molar-refractivity contribution in [1.29, 1.82) is 0 Å². The summed E-state index contributed by atoms with van der Waals surface area (Å²) in [5.74, 6) is -2.48. The van der Waals surface area contributed by atoms with E-state index in [1.165, 1.54) is 41.0 Å². The van der Waals surface area contributed by atoms with Crippen molar-refractivity contribution in [2.45, 2.75) is 19.7 Å². The third-order valence-corrected chi connectivity index (χ3v) is 4.61. The summed E-state index contributed by atoms with van der Waals surface area (Å²) in [4.78, 5) is 25.1. The number of ether oxygens (including phenoxy) is 2. The van der Waals surface area contributed by atoms with E-state index in [0.717, 1.165) is 12.1 Å². The van der Waals surface area contributed by atoms with Crippen LogP contribution >= 0.6 is 11.6 Å². The lowest BCUT2D eigenvalue weighted by Crippen LogP contribution is -2.19. The van der Waals surface area contributed by atoms with Crippen molar-refractivity contribution in [1.82, 2.24) is 4.57 Å². The molecule has 2 aromatic carbocycles. The van der Waals surface area contributed by atoms with Crippen LogP contribution in [0.2, 0.25) is 5.15 Å². The normalized spacial score (nSPS) is 11.2. The van der Waals surface area contributed by atoms with Gasteiger partial charge in [0.2, 0.25) is 5.91 Å². The van der Waals surface area contributed by atoms with Gasteiger partial charge in [-0.15, -0.1) is 13.2 Å². The first-order valence-electron chi connectivity index (χ1n) is 9.57. The number of amides is 1. The van der Waals surface area contributed by atoms with E-state index in [1.54, 1.807) is 13.0 Å². The van der Waals surface area contributed by atoms with Crippen molar-refractivity contribution in [3.05, 3.63) is 76.8 Å². The number of hydrogen-bond donors (Lipinski definition) is 1. The van der Waals surface area contributed by atoms with Crippen LogP contribution < -0.4 is 10.1 Å². The lowest BCUT2D eigenvalue weighted by atomic mass is 10.1. The van der Waals surface area contributed by atoms with Crippen LogP contribution in [-0.2, 0) is 16.0 Å². The molecule has 1 aromatic heterocycles. The van der Waals surface area contributed by atoms with E-state index < -0.39 is 29.8 Å². The number of halogens is 5. The molecule has 33 heavy (non-hydrogen) atoms. The average molecular weight is 485 g/mol. The highest BCUT2D eigenvalue weighted by molar-refractivity contribution is 6.31. The number of anilines is 1. The number of nitrogens with zero attached hydrogens (tertiary/aromatic N) is 1. The van der Waals surface area contributed by atoms with Gasteiger partial charge >= 0.3 is 12.3 Å². The molecule has 6 nitrogen and oxygen atoms in total. The Bertz CT molecular complexity index is 1160. The molecule has 0 saturated carbocycles. The average Bonchev–Trinajstić information content (AvgIpc) is 3.05. The number of carbonyl (C=O) groups is 2. The second-order valence-electron chi connectivity index (χ2n) is 6.64. The molecule has 0 aliphatic carbocycles. The van der Waals surface area contributed by atoms with Crippen molar-refractivity contribution >= 4 is 29.2 Å². The molecule has 3 rings (SSSR count). The van der Waals surface area contributed by atoms with Crippen molar-refractivity contribution in [3.63, 3.8) is 0 Å². The second kappa shape index (κ2) is 9.95. The summed E-state index contributed by atoms with van der Waals surface area (Å²) in [6.07, 6.45) is -5.17. The van der Waals surface area contributed by atoms with Gasteiger partial charge in [-0.25, -0.2) is 9.18 Å². The summed E-state index contributed by atoms with van der Waals surface area (Å²) in [7, 11) is 0. The predicted molar refractivity (Wildman–Crippen MR) is 112 cm³/mol. The van der Waals surface area contributed by atoms with E-state index in [0.29, 0.717) is 0 Å². The summed E-state index contributed by atoms with van der Waals surface area (Å²) >= 11 is 6.28. The Labute approximate surface area is 190 Å². The van der Waals surface area contributed by atoms with Crippen LogP contribution in [0, 0.1) is 5.82 Å². The highest BCUT2D eigenvalue weighted by Crippen LogP contribution is 2.32. The molecule has 0 aliphatic heterocycles. The molecule has 0 atom stereocenters. The van der Waals surface area contributed by atoms with Crippen LogP contribution in [-0.4, -0.2) is 29.4 Å². The van der Waals surface area contributed by atoms with E-state index >= 15 is 0 Å². The quantitative estimate of drug-likeness (QED) is 0.354. The number of benzene rings is 2. The van der Waals surface area contributed by atoms with E-state index in [1.807, 2.05) is 0 Å². The number of hydrogen-bond acceptors (Lipinski definition) is 4. The van der Waals surface area contributed by atoms with Gasteiger partial charge in [0.05, 0.1) is 18.7 Å². The number of esters is 1. The molecule has 1 heterocycles. The van der Waals surface area contributed by atoms with Gasteiger partial charge in [-0.1, -0.05) is 29.8 Å². The van der Waals surface area contributed by atoms with Gasteiger partial charge in [0.15, 0.2) is 5.69 Å². The van der Waals surface area contributed by atoms with E-state index in [2.05, 4.69) is 10.1 Å². The van der Waals surface area contributed by atoms with E-state index in [9.17, 15) is 27.2 Å².